The van der Waals surface area contributed by atoms with Crippen molar-refractivity contribution in [3.8, 4) is 5.75 Å². The molecule has 2 heterocycles. The Labute approximate surface area is 222 Å². The largest absolute Gasteiger partial charge is 0.486 e. The van der Waals surface area contributed by atoms with Crippen LogP contribution < -0.4 is 4.74 Å². The van der Waals surface area contributed by atoms with E-state index in [0.717, 1.165) is 10.9 Å². The molecule has 190 valence electrons. The summed E-state index contributed by atoms with van der Waals surface area (Å²) in [4.78, 5) is 29.4. The smallest absolute Gasteiger partial charge is 0.324 e. The SMILES string of the molecule is CC1(C)OC(=O)C([C@@H](c2cc(Cl)c(OCc3ccccc3F)c(Cl)c2)c2c[nH]c3ccccc23)C(=O)O1. The highest BCUT2D eigenvalue weighted by Crippen LogP contribution is 2.44. The standard InChI is InChI=1S/C28H22Cl2FNO5/c1-28(2)36-26(33)24(27(34)37-28)23(18-13-32-22-10-6-4-8-17(18)22)16-11-19(29)25(20(30)12-16)35-14-15-7-3-5-9-21(15)31/h3-13,23-24,32H,14H2,1-2H3/t23-/m0/s1. The Morgan fingerprint density at radius 1 is 1.00 bits per heavy atom. The van der Waals surface area contributed by atoms with Gasteiger partial charge in [0.05, 0.1) is 10.0 Å². The molecular formula is C28H22Cl2FNO5. The Morgan fingerprint density at radius 2 is 1.62 bits per heavy atom. The number of carbonyl (C=O) groups excluding carboxylic acids is 2. The quantitative estimate of drug-likeness (QED) is 0.215. The van der Waals surface area contributed by atoms with Crippen LogP contribution in [0.2, 0.25) is 10.0 Å². The number of hydrogen-bond acceptors (Lipinski definition) is 5. The summed E-state index contributed by atoms with van der Waals surface area (Å²) in [5, 5.41) is 1.09. The first-order chi connectivity index (χ1) is 17.6. The molecular weight excluding hydrogens is 520 g/mol. The van der Waals surface area contributed by atoms with Crippen molar-refractivity contribution in [3.63, 3.8) is 0 Å². The van der Waals surface area contributed by atoms with E-state index in [4.69, 9.17) is 37.4 Å². The average Bonchev–Trinajstić information content (AvgIpc) is 3.25. The third kappa shape index (κ3) is 4.89. The summed E-state index contributed by atoms with van der Waals surface area (Å²) in [5.41, 5.74) is 2.31. The van der Waals surface area contributed by atoms with Crippen LogP contribution in [0.3, 0.4) is 0 Å². The van der Waals surface area contributed by atoms with Crippen molar-refractivity contribution in [3.05, 3.63) is 99.4 Å². The van der Waals surface area contributed by atoms with Crippen molar-refractivity contribution >= 4 is 46.0 Å². The van der Waals surface area contributed by atoms with Crippen LogP contribution in [0.25, 0.3) is 10.9 Å². The van der Waals surface area contributed by atoms with Crippen LogP contribution in [0.5, 0.6) is 5.75 Å². The third-order valence-electron chi connectivity index (χ3n) is 6.20. The van der Waals surface area contributed by atoms with Gasteiger partial charge >= 0.3 is 11.9 Å². The second kappa shape index (κ2) is 9.72. The highest BCUT2D eigenvalue weighted by atomic mass is 35.5. The summed E-state index contributed by atoms with van der Waals surface area (Å²) >= 11 is 13.2. The van der Waals surface area contributed by atoms with Gasteiger partial charge in [0.25, 0.3) is 5.79 Å². The summed E-state index contributed by atoms with van der Waals surface area (Å²) in [6.07, 6.45) is 1.74. The van der Waals surface area contributed by atoms with E-state index >= 15 is 0 Å². The minimum absolute atomic E-state index is 0.0896. The molecule has 1 fully saturated rings. The molecule has 3 aromatic carbocycles. The van der Waals surface area contributed by atoms with Gasteiger partial charge in [0.15, 0.2) is 11.7 Å². The Morgan fingerprint density at radius 3 is 2.30 bits per heavy atom. The second-order valence-electron chi connectivity index (χ2n) is 9.18. The topological polar surface area (TPSA) is 77.6 Å². The van der Waals surface area contributed by atoms with Crippen molar-refractivity contribution in [2.45, 2.75) is 32.2 Å². The van der Waals surface area contributed by atoms with Gasteiger partial charge in [-0.2, -0.15) is 0 Å². The first-order valence-electron chi connectivity index (χ1n) is 11.5. The summed E-state index contributed by atoms with van der Waals surface area (Å²) in [6.45, 7) is 2.90. The Kier molecular flexibility index (Phi) is 6.60. The monoisotopic (exact) mass is 541 g/mol. The zero-order chi connectivity index (χ0) is 26.3. The molecule has 9 heteroatoms. The van der Waals surface area contributed by atoms with E-state index in [1.807, 2.05) is 24.3 Å². The van der Waals surface area contributed by atoms with Crippen molar-refractivity contribution < 1.29 is 28.2 Å². The highest BCUT2D eigenvalue weighted by molar-refractivity contribution is 6.37. The first kappa shape index (κ1) is 25.1. The predicted octanol–water partition coefficient (Wildman–Crippen LogP) is 6.78. The number of benzene rings is 3. The van der Waals surface area contributed by atoms with E-state index in [-0.39, 0.29) is 22.4 Å². The molecule has 0 spiro atoms. The lowest BCUT2D eigenvalue weighted by Gasteiger charge is -2.36. The molecule has 1 aromatic heterocycles. The Hall–Kier alpha value is -3.55. The molecule has 1 saturated heterocycles. The summed E-state index contributed by atoms with van der Waals surface area (Å²) in [7, 11) is 0. The van der Waals surface area contributed by atoms with Crippen molar-refractivity contribution in [2.24, 2.45) is 5.92 Å². The number of ether oxygens (including phenoxy) is 3. The van der Waals surface area contributed by atoms with Gasteiger partial charge in [-0.3, -0.25) is 9.59 Å². The molecule has 4 aromatic rings. The molecule has 5 rings (SSSR count). The van der Waals surface area contributed by atoms with Crippen LogP contribution in [0.4, 0.5) is 4.39 Å². The Balaban J connectivity index is 1.57. The number of hydrogen-bond donors (Lipinski definition) is 1. The fourth-order valence-electron chi connectivity index (χ4n) is 4.57. The first-order valence-corrected chi connectivity index (χ1v) is 12.3. The molecule has 0 radical (unpaired) electrons. The van der Waals surface area contributed by atoms with Gasteiger partial charge < -0.3 is 19.2 Å². The number of fused-ring (bicyclic) bond motifs is 1. The fraction of sp³-hybridized carbons (Fsp3) is 0.214. The normalized spacial score (nSPS) is 16.4. The van der Waals surface area contributed by atoms with E-state index in [0.29, 0.717) is 16.7 Å². The van der Waals surface area contributed by atoms with E-state index in [1.54, 1.807) is 36.5 Å². The van der Waals surface area contributed by atoms with Gasteiger partial charge in [-0.05, 0) is 35.4 Å². The summed E-state index contributed by atoms with van der Waals surface area (Å²) < 4.78 is 30.7. The lowest BCUT2D eigenvalue weighted by Crippen LogP contribution is -2.48. The lowest BCUT2D eigenvalue weighted by molar-refractivity contribution is -0.240. The molecule has 0 bridgehead atoms. The molecule has 37 heavy (non-hydrogen) atoms. The van der Waals surface area contributed by atoms with Crippen LogP contribution >= 0.6 is 23.2 Å². The van der Waals surface area contributed by atoms with Crippen molar-refractivity contribution in [1.29, 1.82) is 0 Å². The zero-order valence-corrected chi connectivity index (χ0v) is 21.4. The predicted molar refractivity (Wildman–Crippen MR) is 137 cm³/mol. The van der Waals surface area contributed by atoms with E-state index in [2.05, 4.69) is 4.98 Å². The number of rotatable bonds is 6. The number of H-pyrrole nitrogens is 1. The van der Waals surface area contributed by atoms with Gasteiger partial charge in [-0.15, -0.1) is 0 Å². The number of cyclic esters (lactones) is 2. The minimum atomic E-state index is -1.38. The average molecular weight is 542 g/mol. The molecule has 1 atom stereocenters. The third-order valence-corrected chi connectivity index (χ3v) is 6.76. The molecule has 1 aliphatic rings. The summed E-state index contributed by atoms with van der Waals surface area (Å²) in [6, 6.07) is 16.9. The maximum absolute atomic E-state index is 14.0. The minimum Gasteiger partial charge on any atom is -0.486 e. The number of halogens is 3. The number of aromatic amines is 1. The fourth-order valence-corrected chi connectivity index (χ4v) is 5.18. The second-order valence-corrected chi connectivity index (χ2v) is 10.00. The van der Waals surface area contributed by atoms with E-state index in [9.17, 15) is 14.0 Å². The molecule has 6 nitrogen and oxygen atoms in total. The maximum atomic E-state index is 14.0. The van der Waals surface area contributed by atoms with Crippen LogP contribution in [-0.4, -0.2) is 22.7 Å². The van der Waals surface area contributed by atoms with Gasteiger partial charge in [0, 0.05) is 42.4 Å². The van der Waals surface area contributed by atoms with E-state index < -0.39 is 35.4 Å². The lowest BCUT2D eigenvalue weighted by atomic mass is 9.80. The molecule has 0 unspecified atom stereocenters. The molecule has 1 aliphatic heterocycles. The maximum Gasteiger partial charge on any atom is 0.324 e. The van der Waals surface area contributed by atoms with Gasteiger partial charge in [-0.25, -0.2) is 4.39 Å². The molecule has 0 saturated carbocycles. The number of carbonyl (C=O) groups is 2. The van der Waals surface area contributed by atoms with Gasteiger partial charge in [0.2, 0.25) is 0 Å². The number of para-hydroxylation sites is 1. The van der Waals surface area contributed by atoms with Crippen LogP contribution in [0.15, 0.2) is 66.9 Å². The van der Waals surface area contributed by atoms with Crippen molar-refractivity contribution in [2.75, 3.05) is 0 Å². The molecule has 0 aliphatic carbocycles. The van der Waals surface area contributed by atoms with Crippen LogP contribution in [0, 0.1) is 11.7 Å². The van der Waals surface area contributed by atoms with Crippen LogP contribution in [0.1, 0.15) is 36.5 Å². The molecule has 1 N–H and O–H groups in total. The van der Waals surface area contributed by atoms with E-state index in [1.165, 1.54) is 19.9 Å². The zero-order valence-electron chi connectivity index (χ0n) is 19.9. The Bertz CT molecular complexity index is 1470. The van der Waals surface area contributed by atoms with Gasteiger partial charge in [0.1, 0.15) is 12.4 Å². The van der Waals surface area contributed by atoms with Crippen LogP contribution in [-0.2, 0) is 25.7 Å². The molecule has 0 amide bonds. The number of nitrogens with one attached hydrogen (secondary N) is 1. The van der Waals surface area contributed by atoms with Crippen molar-refractivity contribution in [1.82, 2.24) is 4.98 Å². The highest BCUT2D eigenvalue weighted by Gasteiger charge is 2.48. The number of aromatic nitrogens is 1. The van der Waals surface area contributed by atoms with Gasteiger partial charge in [-0.1, -0.05) is 59.6 Å². The summed E-state index contributed by atoms with van der Waals surface area (Å²) in [5.74, 6) is -5.21. The number of esters is 2.